The van der Waals surface area contributed by atoms with Gasteiger partial charge in [-0.05, 0) is 37.5 Å². The van der Waals surface area contributed by atoms with Crippen molar-refractivity contribution in [2.24, 2.45) is 16.3 Å². The average Bonchev–Trinajstić information content (AvgIpc) is 3.01. The zero-order chi connectivity index (χ0) is 17.2. The predicted molar refractivity (Wildman–Crippen MR) is 110 cm³/mol. The van der Waals surface area contributed by atoms with Gasteiger partial charge in [-0.3, -0.25) is 4.99 Å². The minimum absolute atomic E-state index is 0. The first-order valence-corrected chi connectivity index (χ1v) is 8.93. The molecule has 4 nitrogen and oxygen atoms in total. The van der Waals surface area contributed by atoms with Crippen molar-refractivity contribution >= 4 is 29.9 Å². The van der Waals surface area contributed by atoms with Gasteiger partial charge in [-0.2, -0.15) is 0 Å². The number of guanidine groups is 1. The zero-order valence-corrected chi connectivity index (χ0v) is 17.5. The van der Waals surface area contributed by atoms with Crippen LogP contribution >= 0.6 is 24.0 Å². The van der Waals surface area contributed by atoms with Crippen molar-refractivity contribution in [2.45, 2.75) is 45.8 Å². The molecule has 1 saturated carbocycles. The Morgan fingerprint density at radius 3 is 2.72 bits per heavy atom. The van der Waals surface area contributed by atoms with E-state index >= 15 is 0 Å². The van der Waals surface area contributed by atoms with Gasteiger partial charge in [-0.15, -0.1) is 24.0 Å². The monoisotopic (exact) mass is 461 g/mol. The summed E-state index contributed by atoms with van der Waals surface area (Å²) < 4.78 is 18.8. The molecule has 6 heteroatoms. The SMILES string of the molecule is CCNC(=NCCc1ccc(F)cc1)NC1C2CCOC2C1(C)C.I. The van der Waals surface area contributed by atoms with E-state index in [1.165, 1.54) is 12.1 Å². The summed E-state index contributed by atoms with van der Waals surface area (Å²) in [5.41, 5.74) is 1.23. The van der Waals surface area contributed by atoms with Crippen LogP contribution in [0.3, 0.4) is 0 Å². The molecule has 1 heterocycles. The molecule has 3 atom stereocenters. The lowest BCUT2D eigenvalue weighted by Crippen LogP contribution is -2.68. The number of hydrogen-bond acceptors (Lipinski definition) is 2. The number of halogens is 2. The number of rotatable bonds is 5. The summed E-state index contributed by atoms with van der Waals surface area (Å²) >= 11 is 0. The molecule has 0 spiro atoms. The highest BCUT2D eigenvalue weighted by Gasteiger charge is 2.59. The van der Waals surface area contributed by atoms with E-state index in [9.17, 15) is 4.39 Å². The molecule has 3 unspecified atom stereocenters. The van der Waals surface area contributed by atoms with Gasteiger partial charge in [-0.25, -0.2) is 4.39 Å². The number of hydrogen-bond donors (Lipinski definition) is 2. The van der Waals surface area contributed by atoms with E-state index in [0.717, 1.165) is 37.5 Å². The molecule has 0 radical (unpaired) electrons. The van der Waals surface area contributed by atoms with Crippen LogP contribution in [0.5, 0.6) is 0 Å². The van der Waals surface area contributed by atoms with Gasteiger partial charge in [0, 0.05) is 37.1 Å². The molecule has 0 bridgehead atoms. The van der Waals surface area contributed by atoms with E-state index in [1.807, 2.05) is 12.1 Å². The number of nitrogens with zero attached hydrogens (tertiary/aromatic N) is 1. The Bertz CT molecular complexity index is 591. The summed E-state index contributed by atoms with van der Waals surface area (Å²) in [7, 11) is 0. The lowest BCUT2D eigenvalue weighted by molar-refractivity contribution is -0.106. The largest absolute Gasteiger partial charge is 0.377 e. The second-order valence-corrected chi connectivity index (χ2v) is 7.32. The van der Waals surface area contributed by atoms with E-state index in [-0.39, 0.29) is 35.2 Å². The van der Waals surface area contributed by atoms with Crippen molar-refractivity contribution in [1.82, 2.24) is 10.6 Å². The standard InChI is InChI=1S/C19H28FN3O.HI/c1-4-21-18(22-11-9-13-5-7-14(20)8-6-13)23-16-15-10-12-24-17(15)19(16,2)3;/h5-8,15-17H,4,9-12H2,1-3H3,(H2,21,22,23);1H. The van der Waals surface area contributed by atoms with Crippen LogP contribution in [0.2, 0.25) is 0 Å². The Hall–Kier alpha value is -0.890. The third-order valence-electron chi connectivity index (χ3n) is 5.32. The first kappa shape index (κ1) is 20.4. The van der Waals surface area contributed by atoms with Gasteiger partial charge in [0.2, 0.25) is 0 Å². The molecule has 3 rings (SSSR count). The van der Waals surface area contributed by atoms with E-state index in [2.05, 4.69) is 31.4 Å². The number of ether oxygens (including phenoxy) is 1. The van der Waals surface area contributed by atoms with E-state index in [0.29, 0.717) is 24.6 Å². The van der Waals surface area contributed by atoms with Crippen molar-refractivity contribution in [3.63, 3.8) is 0 Å². The van der Waals surface area contributed by atoms with Crippen molar-refractivity contribution in [2.75, 3.05) is 19.7 Å². The van der Waals surface area contributed by atoms with Gasteiger partial charge in [0.15, 0.2) is 5.96 Å². The number of fused-ring (bicyclic) bond motifs is 1. The third kappa shape index (κ3) is 4.45. The van der Waals surface area contributed by atoms with Crippen LogP contribution in [-0.2, 0) is 11.2 Å². The highest BCUT2D eigenvalue weighted by atomic mass is 127. The van der Waals surface area contributed by atoms with E-state index in [4.69, 9.17) is 9.73 Å². The fourth-order valence-electron chi connectivity index (χ4n) is 4.03. The summed E-state index contributed by atoms with van der Waals surface area (Å²) in [4.78, 5) is 4.69. The minimum atomic E-state index is -0.196. The molecule has 2 fully saturated rings. The molecule has 0 amide bonds. The maximum atomic E-state index is 12.9. The van der Waals surface area contributed by atoms with Gasteiger partial charge in [0.25, 0.3) is 0 Å². The van der Waals surface area contributed by atoms with E-state index in [1.54, 1.807) is 0 Å². The Morgan fingerprint density at radius 1 is 1.32 bits per heavy atom. The van der Waals surface area contributed by atoms with Crippen molar-refractivity contribution < 1.29 is 9.13 Å². The number of nitrogens with one attached hydrogen (secondary N) is 2. The first-order chi connectivity index (χ1) is 11.5. The highest BCUT2D eigenvalue weighted by Crippen LogP contribution is 2.52. The van der Waals surface area contributed by atoms with Gasteiger partial charge in [-0.1, -0.05) is 26.0 Å². The minimum Gasteiger partial charge on any atom is -0.377 e. The summed E-state index contributed by atoms with van der Waals surface area (Å²) in [5.74, 6) is 1.25. The Morgan fingerprint density at radius 2 is 2.04 bits per heavy atom. The Labute approximate surface area is 167 Å². The van der Waals surface area contributed by atoms with Crippen LogP contribution in [0.25, 0.3) is 0 Å². The molecular formula is C19H29FIN3O. The normalized spacial score (nSPS) is 27.0. The van der Waals surface area contributed by atoms with Crippen LogP contribution < -0.4 is 10.6 Å². The summed E-state index contributed by atoms with van der Waals surface area (Å²) in [6, 6.07) is 7.04. The third-order valence-corrected chi connectivity index (χ3v) is 5.32. The molecule has 1 aromatic carbocycles. The van der Waals surface area contributed by atoms with Crippen LogP contribution in [0, 0.1) is 17.2 Å². The second kappa shape index (κ2) is 8.66. The fraction of sp³-hybridized carbons (Fsp3) is 0.632. The lowest BCUT2D eigenvalue weighted by atomic mass is 9.57. The molecule has 1 aromatic rings. The summed E-state index contributed by atoms with van der Waals surface area (Å²) in [6.07, 6.45) is 2.30. The number of benzene rings is 1. The second-order valence-electron chi connectivity index (χ2n) is 7.32. The quantitative estimate of drug-likeness (QED) is 0.402. The van der Waals surface area contributed by atoms with Crippen molar-refractivity contribution in [1.29, 1.82) is 0 Å². The highest BCUT2D eigenvalue weighted by molar-refractivity contribution is 14.0. The summed E-state index contributed by atoms with van der Waals surface area (Å²) in [6.45, 7) is 8.98. The van der Waals surface area contributed by atoms with Gasteiger partial charge < -0.3 is 15.4 Å². The molecule has 25 heavy (non-hydrogen) atoms. The predicted octanol–water partition coefficient (Wildman–Crippen LogP) is 3.35. The Balaban J connectivity index is 0.00000225. The molecule has 1 aliphatic carbocycles. The van der Waals surface area contributed by atoms with Crippen LogP contribution in [0.4, 0.5) is 4.39 Å². The topological polar surface area (TPSA) is 45.7 Å². The molecular weight excluding hydrogens is 432 g/mol. The smallest absolute Gasteiger partial charge is 0.191 e. The zero-order valence-electron chi connectivity index (χ0n) is 15.2. The van der Waals surface area contributed by atoms with Crippen molar-refractivity contribution in [3.8, 4) is 0 Å². The molecule has 2 aliphatic rings. The average molecular weight is 461 g/mol. The van der Waals surface area contributed by atoms with Crippen LogP contribution in [-0.4, -0.2) is 37.8 Å². The molecule has 140 valence electrons. The maximum Gasteiger partial charge on any atom is 0.191 e. The van der Waals surface area contributed by atoms with Gasteiger partial charge in [0.1, 0.15) is 5.82 Å². The van der Waals surface area contributed by atoms with Crippen LogP contribution in [0.1, 0.15) is 32.8 Å². The lowest BCUT2D eigenvalue weighted by Gasteiger charge is -2.54. The van der Waals surface area contributed by atoms with Crippen LogP contribution in [0.15, 0.2) is 29.3 Å². The molecule has 0 aromatic heterocycles. The molecule has 2 N–H and O–H groups in total. The molecule has 1 saturated heterocycles. The fourth-order valence-corrected chi connectivity index (χ4v) is 4.03. The maximum absolute atomic E-state index is 12.9. The number of aliphatic imine (C=N–C) groups is 1. The Kier molecular flexibility index (Phi) is 7.08. The first-order valence-electron chi connectivity index (χ1n) is 8.93. The molecule has 1 aliphatic heterocycles. The summed E-state index contributed by atoms with van der Waals surface area (Å²) in [5, 5.41) is 6.94. The van der Waals surface area contributed by atoms with Gasteiger partial charge >= 0.3 is 0 Å². The van der Waals surface area contributed by atoms with E-state index < -0.39 is 0 Å². The van der Waals surface area contributed by atoms with Crippen molar-refractivity contribution in [3.05, 3.63) is 35.6 Å². The van der Waals surface area contributed by atoms with Gasteiger partial charge in [0.05, 0.1) is 6.10 Å².